The Hall–Kier alpha value is -2.18. The molecular formula is C22H17IrN2P. The van der Waals surface area contributed by atoms with Gasteiger partial charge in [0, 0.05) is 43.6 Å². The van der Waals surface area contributed by atoms with Gasteiger partial charge in [-0.25, -0.2) is 0 Å². The van der Waals surface area contributed by atoms with Gasteiger partial charge < -0.3 is 0 Å². The van der Waals surface area contributed by atoms with Crippen molar-refractivity contribution in [1.82, 2.24) is 9.97 Å². The minimum atomic E-state index is 0. The summed E-state index contributed by atoms with van der Waals surface area (Å²) in [7, 11) is 0.575. The van der Waals surface area contributed by atoms with Gasteiger partial charge in [0.1, 0.15) is 0 Å². The summed E-state index contributed by atoms with van der Waals surface area (Å²) < 4.78 is 0. The molecule has 2 aromatic carbocycles. The van der Waals surface area contributed by atoms with Gasteiger partial charge in [-0.15, -0.1) is 0 Å². The molecule has 4 rings (SSSR count). The van der Waals surface area contributed by atoms with Crippen LogP contribution in [0.15, 0.2) is 97.3 Å². The summed E-state index contributed by atoms with van der Waals surface area (Å²) in [6.07, 6.45) is 3.68. The van der Waals surface area contributed by atoms with Crippen LogP contribution in [0.4, 0.5) is 0 Å². The molecule has 1 unspecified atom stereocenters. The van der Waals surface area contributed by atoms with Gasteiger partial charge in [-0.05, 0) is 34.9 Å². The summed E-state index contributed by atoms with van der Waals surface area (Å²) in [5.41, 5.74) is 4.26. The molecule has 26 heavy (non-hydrogen) atoms. The van der Waals surface area contributed by atoms with Crippen LogP contribution in [0.5, 0.6) is 0 Å². The van der Waals surface area contributed by atoms with Gasteiger partial charge in [-0.1, -0.05) is 69.2 Å². The molecule has 1 radical (unpaired) electrons. The van der Waals surface area contributed by atoms with E-state index in [0.29, 0.717) is 8.58 Å². The third-order valence-electron chi connectivity index (χ3n) is 3.98. The zero-order chi connectivity index (χ0) is 16.9. The van der Waals surface area contributed by atoms with E-state index in [1.54, 1.807) is 0 Å². The number of benzene rings is 2. The fourth-order valence-corrected chi connectivity index (χ4v) is 4.09. The van der Waals surface area contributed by atoms with Crippen molar-refractivity contribution in [3.63, 3.8) is 0 Å². The van der Waals surface area contributed by atoms with Crippen LogP contribution >= 0.6 is 8.58 Å². The number of rotatable bonds is 4. The van der Waals surface area contributed by atoms with Crippen LogP contribution in [0, 0.1) is 0 Å². The summed E-state index contributed by atoms with van der Waals surface area (Å²) in [6, 6.07) is 29.1. The van der Waals surface area contributed by atoms with Crippen molar-refractivity contribution >= 4 is 19.2 Å². The Labute approximate surface area is 168 Å². The molecule has 0 aliphatic rings. The van der Waals surface area contributed by atoms with Crippen molar-refractivity contribution < 1.29 is 20.1 Å². The van der Waals surface area contributed by atoms with E-state index in [0.717, 1.165) is 17.0 Å². The second-order valence-electron chi connectivity index (χ2n) is 5.65. The summed E-state index contributed by atoms with van der Waals surface area (Å²) in [5.74, 6) is 0. The Balaban J connectivity index is 0.00000196. The number of aromatic nitrogens is 2. The zero-order valence-electron chi connectivity index (χ0n) is 14.0. The van der Waals surface area contributed by atoms with E-state index in [1.165, 1.54) is 16.2 Å². The summed E-state index contributed by atoms with van der Waals surface area (Å²) in [5, 5.41) is 2.60. The molecule has 2 nitrogen and oxygen atoms in total. The Bertz CT molecular complexity index is 961. The first-order valence-corrected chi connectivity index (χ1v) is 9.20. The molecule has 0 aliphatic carbocycles. The fourth-order valence-electron chi connectivity index (χ4n) is 2.86. The summed E-state index contributed by atoms with van der Waals surface area (Å²) in [4.78, 5) is 9.17. The first-order valence-electron chi connectivity index (χ1n) is 8.20. The van der Waals surface area contributed by atoms with E-state index in [9.17, 15) is 0 Å². The number of hydrogen-bond donors (Lipinski definition) is 0. The standard InChI is InChI=1S/C22H17N2P.Ir/c1-2-9-17(10-3-1)25-21-14-8-11-18(19-12-4-6-15-23-19)22(21)20-13-5-7-16-24-20;/h1-16,25H;. The number of pyridine rings is 2. The van der Waals surface area contributed by atoms with E-state index < -0.39 is 0 Å². The van der Waals surface area contributed by atoms with Gasteiger partial charge in [-0.3, -0.25) is 9.97 Å². The molecule has 4 aromatic rings. The molecule has 2 heterocycles. The third-order valence-corrected chi connectivity index (χ3v) is 5.29. The molecule has 0 N–H and O–H groups in total. The van der Waals surface area contributed by atoms with Crippen molar-refractivity contribution in [2.75, 3.05) is 0 Å². The van der Waals surface area contributed by atoms with Crippen LogP contribution in [0.2, 0.25) is 0 Å². The van der Waals surface area contributed by atoms with Gasteiger partial charge in [0.2, 0.25) is 0 Å². The Morgan fingerprint density at radius 3 is 1.88 bits per heavy atom. The first kappa shape index (κ1) is 18.6. The molecular weight excluding hydrogens is 515 g/mol. The average molecular weight is 533 g/mol. The molecule has 0 bridgehead atoms. The molecule has 0 saturated heterocycles. The van der Waals surface area contributed by atoms with Gasteiger partial charge in [-0.2, -0.15) is 0 Å². The van der Waals surface area contributed by atoms with Gasteiger partial charge in [0.05, 0.1) is 11.4 Å². The number of hydrogen-bond acceptors (Lipinski definition) is 2. The van der Waals surface area contributed by atoms with E-state index in [1.807, 2.05) is 36.7 Å². The van der Waals surface area contributed by atoms with Crippen LogP contribution in [-0.4, -0.2) is 9.97 Å². The largest absolute Gasteiger partial charge is 0.256 e. The van der Waals surface area contributed by atoms with Gasteiger partial charge >= 0.3 is 0 Å². The number of nitrogens with zero attached hydrogens (tertiary/aromatic N) is 2. The Kier molecular flexibility index (Phi) is 6.41. The van der Waals surface area contributed by atoms with Crippen LogP contribution in [0.25, 0.3) is 22.5 Å². The van der Waals surface area contributed by atoms with Crippen molar-refractivity contribution in [3.05, 3.63) is 97.3 Å². The monoisotopic (exact) mass is 533 g/mol. The van der Waals surface area contributed by atoms with Crippen molar-refractivity contribution in [1.29, 1.82) is 0 Å². The smallest absolute Gasteiger partial charge is 0.0715 e. The van der Waals surface area contributed by atoms with Gasteiger partial charge in [0.25, 0.3) is 0 Å². The molecule has 0 fully saturated rings. The fraction of sp³-hybridized carbons (Fsp3) is 0. The van der Waals surface area contributed by atoms with Crippen molar-refractivity contribution in [2.45, 2.75) is 0 Å². The second-order valence-corrected chi connectivity index (χ2v) is 7.02. The minimum Gasteiger partial charge on any atom is -0.256 e. The zero-order valence-corrected chi connectivity index (χ0v) is 17.4. The quantitative estimate of drug-likeness (QED) is 0.364. The maximum Gasteiger partial charge on any atom is 0.0715 e. The third kappa shape index (κ3) is 4.14. The van der Waals surface area contributed by atoms with Gasteiger partial charge in [0.15, 0.2) is 0 Å². The minimum absolute atomic E-state index is 0. The molecule has 0 saturated carbocycles. The molecule has 1 atom stereocenters. The van der Waals surface area contributed by atoms with E-state index in [2.05, 4.69) is 70.6 Å². The first-order chi connectivity index (χ1) is 12.4. The predicted octanol–water partition coefficient (Wildman–Crippen LogP) is 4.44. The van der Waals surface area contributed by atoms with Crippen LogP contribution < -0.4 is 10.6 Å². The predicted molar refractivity (Wildman–Crippen MR) is 107 cm³/mol. The Morgan fingerprint density at radius 1 is 0.577 bits per heavy atom. The average Bonchev–Trinajstić information content (AvgIpc) is 2.70. The summed E-state index contributed by atoms with van der Waals surface area (Å²) >= 11 is 0. The van der Waals surface area contributed by atoms with Crippen LogP contribution in [-0.2, 0) is 20.1 Å². The molecule has 4 heteroatoms. The van der Waals surface area contributed by atoms with E-state index >= 15 is 0 Å². The SMILES string of the molecule is [Ir].c1ccc(Pc2cccc(-c3ccccn3)c2-c2ccccn2)cc1. The Morgan fingerprint density at radius 2 is 1.23 bits per heavy atom. The van der Waals surface area contributed by atoms with Crippen LogP contribution in [0.3, 0.4) is 0 Å². The van der Waals surface area contributed by atoms with Crippen LogP contribution in [0.1, 0.15) is 0 Å². The normalized spacial score (nSPS) is 10.6. The van der Waals surface area contributed by atoms with Crippen molar-refractivity contribution in [2.24, 2.45) is 0 Å². The molecule has 0 spiro atoms. The van der Waals surface area contributed by atoms with E-state index in [4.69, 9.17) is 0 Å². The molecule has 2 aromatic heterocycles. The maximum atomic E-state index is 4.61. The topological polar surface area (TPSA) is 25.8 Å². The molecule has 0 aliphatic heterocycles. The summed E-state index contributed by atoms with van der Waals surface area (Å²) in [6.45, 7) is 0. The maximum absolute atomic E-state index is 4.61. The molecule has 0 amide bonds. The molecule has 129 valence electrons. The second kappa shape index (κ2) is 8.96. The van der Waals surface area contributed by atoms with Crippen molar-refractivity contribution in [3.8, 4) is 22.5 Å². The van der Waals surface area contributed by atoms with E-state index in [-0.39, 0.29) is 20.1 Å².